The van der Waals surface area contributed by atoms with Crippen LogP contribution in [0.1, 0.15) is 36.9 Å². The highest BCUT2D eigenvalue weighted by atomic mass is 19.1. The third-order valence-electron chi connectivity index (χ3n) is 3.38. The molecule has 0 saturated heterocycles. The van der Waals surface area contributed by atoms with Crippen molar-refractivity contribution < 1.29 is 9.18 Å². The fourth-order valence-corrected chi connectivity index (χ4v) is 2.10. The van der Waals surface area contributed by atoms with Crippen LogP contribution in [0.5, 0.6) is 0 Å². The molecule has 21 heavy (non-hydrogen) atoms. The van der Waals surface area contributed by atoms with Gasteiger partial charge in [0.1, 0.15) is 11.9 Å². The number of primary amides is 1. The van der Waals surface area contributed by atoms with E-state index in [1.165, 1.54) is 17.7 Å². The molecular formula is C17H19FN2O. The topological polar surface area (TPSA) is 55.1 Å². The summed E-state index contributed by atoms with van der Waals surface area (Å²) in [5.41, 5.74) is 8.09. The zero-order valence-electron chi connectivity index (χ0n) is 12.1. The lowest BCUT2D eigenvalue weighted by Gasteiger charge is -2.17. The first-order valence-electron chi connectivity index (χ1n) is 6.88. The summed E-state index contributed by atoms with van der Waals surface area (Å²) in [6.07, 6.45) is 0. The summed E-state index contributed by atoms with van der Waals surface area (Å²) in [5.74, 6) is -0.402. The van der Waals surface area contributed by atoms with Crippen LogP contribution in [0.25, 0.3) is 0 Å². The van der Waals surface area contributed by atoms with Crippen molar-refractivity contribution in [3.05, 3.63) is 65.5 Å². The molecule has 0 radical (unpaired) electrons. The Labute approximate surface area is 124 Å². The molecule has 2 aromatic rings. The fraction of sp³-hybridized carbons (Fsp3) is 0.235. The molecule has 0 fully saturated rings. The van der Waals surface area contributed by atoms with Crippen LogP contribution in [-0.4, -0.2) is 5.91 Å². The number of halogens is 1. The van der Waals surface area contributed by atoms with E-state index in [1.54, 1.807) is 12.1 Å². The molecule has 2 rings (SSSR count). The third kappa shape index (κ3) is 3.81. The molecule has 0 saturated carbocycles. The van der Waals surface area contributed by atoms with Crippen LogP contribution in [0.15, 0.2) is 48.5 Å². The molecule has 3 N–H and O–H groups in total. The lowest BCUT2D eigenvalue weighted by Crippen LogP contribution is -2.27. The Kier molecular flexibility index (Phi) is 4.58. The Hall–Kier alpha value is -2.36. The zero-order chi connectivity index (χ0) is 15.4. The SMILES string of the molecule is CC(C)c1ccc(N[C@H](C(N)=O)c2ccc(F)cc2)cc1. The van der Waals surface area contributed by atoms with Crippen molar-refractivity contribution in [1.82, 2.24) is 0 Å². The normalized spacial score (nSPS) is 12.2. The van der Waals surface area contributed by atoms with Gasteiger partial charge in [-0.2, -0.15) is 0 Å². The number of nitrogens with one attached hydrogen (secondary N) is 1. The summed E-state index contributed by atoms with van der Waals surface area (Å²) in [6, 6.07) is 12.9. The van der Waals surface area contributed by atoms with Crippen LogP contribution in [0.3, 0.4) is 0 Å². The van der Waals surface area contributed by atoms with Crippen molar-refractivity contribution in [2.75, 3.05) is 5.32 Å². The van der Waals surface area contributed by atoms with Crippen molar-refractivity contribution >= 4 is 11.6 Å². The molecule has 0 spiro atoms. The Balaban J connectivity index is 2.20. The first-order chi connectivity index (χ1) is 9.97. The van der Waals surface area contributed by atoms with E-state index in [0.717, 1.165) is 5.69 Å². The van der Waals surface area contributed by atoms with Crippen molar-refractivity contribution in [3.8, 4) is 0 Å². The van der Waals surface area contributed by atoms with Crippen molar-refractivity contribution in [1.29, 1.82) is 0 Å². The Bertz CT molecular complexity index is 606. The summed E-state index contributed by atoms with van der Waals surface area (Å²) in [7, 11) is 0. The minimum Gasteiger partial charge on any atom is -0.370 e. The number of carbonyl (C=O) groups is 1. The molecule has 0 heterocycles. The largest absolute Gasteiger partial charge is 0.370 e. The molecule has 2 aromatic carbocycles. The molecule has 1 amide bonds. The number of benzene rings is 2. The number of rotatable bonds is 5. The van der Waals surface area contributed by atoms with E-state index in [4.69, 9.17) is 5.73 Å². The summed E-state index contributed by atoms with van der Waals surface area (Å²) < 4.78 is 13.0. The van der Waals surface area contributed by atoms with Gasteiger partial charge in [0.2, 0.25) is 5.91 Å². The second-order valence-corrected chi connectivity index (χ2v) is 5.31. The molecule has 0 bridgehead atoms. The summed E-state index contributed by atoms with van der Waals surface area (Å²) in [5, 5.41) is 3.08. The number of hydrogen-bond donors (Lipinski definition) is 2. The molecule has 110 valence electrons. The minimum atomic E-state index is -0.685. The molecule has 3 nitrogen and oxygen atoms in total. The van der Waals surface area contributed by atoms with Gasteiger partial charge in [0.05, 0.1) is 0 Å². The molecular weight excluding hydrogens is 267 g/mol. The van der Waals surface area contributed by atoms with Crippen LogP contribution >= 0.6 is 0 Å². The second-order valence-electron chi connectivity index (χ2n) is 5.31. The van der Waals surface area contributed by atoms with E-state index in [-0.39, 0.29) is 5.82 Å². The maximum Gasteiger partial charge on any atom is 0.244 e. The molecule has 0 aliphatic carbocycles. The smallest absolute Gasteiger partial charge is 0.244 e. The van der Waals surface area contributed by atoms with Gasteiger partial charge in [-0.15, -0.1) is 0 Å². The van der Waals surface area contributed by atoms with Gasteiger partial charge in [-0.1, -0.05) is 38.1 Å². The summed E-state index contributed by atoms with van der Waals surface area (Å²) >= 11 is 0. The van der Waals surface area contributed by atoms with Gasteiger partial charge in [0, 0.05) is 5.69 Å². The number of nitrogens with two attached hydrogens (primary N) is 1. The number of hydrogen-bond acceptors (Lipinski definition) is 2. The van der Waals surface area contributed by atoms with Crippen molar-refractivity contribution in [3.63, 3.8) is 0 Å². The lowest BCUT2D eigenvalue weighted by molar-refractivity contribution is -0.118. The van der Waals surface area contributed by atoms with E-state index in [2.05, 4.69) is 19.2 Å². The van der Waals surface area contributed by atoms with E-state index < -0.39 is 11.9 Å². The average molecular weight is 286 g/mol. The van der Waals surface area contributed by atoms with Gasteiger partial charge in [-0.3, -0.25) is 4.79 Å². The van der Waals surface area contributed by atoms with E-state index in [1.807, 2.05) is 24.3 Å². The fourth-order valence-electron chi connectivity index (χ4n) is 2.10. The molecule has 0 aliphatic rings. The summed E-state index contributed by atoms with van der Waals surface area (Å²) in [4.78, 5) is 11.6. The first kappa shape index (κ1) is 15.0. The van der Waals surface area contributed by atoms with Gasteiger partial charge in [-0.05, 0) is 41.3 Å². The van der Waals surface area contributed by atoms with Gasteiger partial charge >= 0.3 is 0 Å². The molecule has 0 aliphatic heterocycles. The quantitative estimate of drug-likeness (QED) is 0.882. The van der Waals surface area contributed by atoms with E-state index in [0.29, 0.717) is 11.5 Å². The highest BCUT2D eigenvalue weighted by Crippen LogP contribution is 2.22. The Morgan fingerprint density at radius 1 is 1.00 bits per heavy atom. The number of amides is 1. The maximum atomic E-state index is 13.0. The zero-order valence-corrected chi connectivity index (χ0v) is 12.1. The number of carbonyl (C=O) groups excluding carboxylic acids is 1. The second kappa shape index (κ2) is 6.39. The highest BCUT2D eigenvalue weighted by molar-refractivity contribution is 5.84. The highest BCUT2D eigenvalue weighted by Gasteiger charge is 2.17. The van der Waals surface area contributed by atoms with Gasteiger partial charge in [-0.25, -0.2) is 4.39 Å². The Morgan fingerprint density at radius 2 is 1.52 bits per heavy atom. The van der Waals surface area contributed by atoms with E-state index >= 15 is 0 Å². The van der Waals surface area contributed by atoms with Gasteiger partial charge in [0.15, 0.2) is 0 Å². The van der Waals surface area contributed by atoms with Crippen LogP contribution in [0, 0.1) is 5.82 Å². The van der Waals surface area contributed by atoms with E-state index in [9.17, 15) is 9.18 Å². The van der Waals surface area contributed by atoms with Crippen LogP contribution < -0.4 is 11.1 Å². The van der Waals surface area contributed by atoms with Crippen molar-refractivity contribution in [2.24, 2.45) is 5.73 Å². The predicted molar refractivity (Wildman–Crippen MR) is 82.5 cm³/mol. The summed E-state index contributed by atoms with van der Waals surface area (Å²) in [6.45, 7) is 4.24. The molecule has 0 unspecified atom stereocenters. The average Bonchev–Trinajstić information content (AvgIpc) is 2.46. The monoisotopic (exact) mass is 286 g/mol. The van der Waals surface area contributed by atoms with Gasteiger partial charge < -0.3 is 11.1 Å². The molecule has 1 atom stereocenters. The Morgan fingerprint density at radius 3 is 2.00 bits per heavy atom. The number of anilines is 1. The van der Waals surface area contributed by atoms with Crippen LogP contribution in [0.2, 0.25) is 0 Å². The molecule has 0 aromatic heterocycles. The van der Waals surface area contributed by atoms with Crippen LogP contribution in [0.4, 0.5) is 10.1 Å². The maximum absolute atomic E-state index is 13.0. The third-order valence-corrected chi connectivity index (χ3v) is 3.38. The predicted octanol–water partition coefficient (Wildman–Crippen LogP) is 3.59. The minimum absolute atomic E-state index is 0.344. The van der Waals surface area contributed by atoms with Crippen molar-refractivity contribution in [2.45, 2.75) is 25.8 Å². The standard InChI is InChI=1S/C17H19FN2O/c1-11(2)12-5-9-15(10-6-12)20-16(17(19)21)13-3-7-14(18)8-4-13/h3-11,16,20H,1-2H3,(H2,19,21)/t16-/m0/s1. The van der Waals surface area contributed by atoms with Crippen LogP contribution in [-0.2, 0) is 4.79 Å². The van der Waals surface area contributed by atoms with Gasteiger partial charge in [0.25, 0.3) is 0 Å². The molecule has 4 heteroatoms. The lowest BCUT2D eigenvalue weighted by atomic mass is 10.0. The first-order valence-corrected chi connectivity index (χ1v) is 6.88.